The van der Waals surface area contributed by atoms with E-state index in [1.165, 1.54) is 11.1 Å². The highest BCUT2D eigenvalue weighted by Gasteiger charge is 2.71. The maximum Gasteiger partial charge on any atom is 0.124 e. The van der Waals surface area contributed by atoms with Crippen molar-refractivity contribution in [2.24, 2.45) is 11.3 Å². The highest BCUT2D eigenvalue weighted by molar-refractivity contribution is 5.78. The molecule has 1 nitrogen and oxygen atoms in total. The second-order valence-corrected chi connectivity index (χ2v) is 5.13. The average molecular weight is 198 g/mol. The molecule has 1 saturated carbocycles. The fraction of sp³-hybridized carbons (Fsp3) is 0.357. The van der Waals surface area contributed by atoms with E-state index in [0.29, 0.717) is 0 Å². The van der Waals surface area contributed by atoms with Crippen LogP contribution in [0, 0.1) is 11.3 Å². The van der Waals surface area contributed by atoms with E-state index < -0.39 is 0 Å². The summed E-state index contributed by atoms with van der Waals surface area (Å²) in [6.07, 6.45) is 5.49. The highest BCUT2D eigenvalue weighted by Crippen LogP contribution is 2.71. The molecule has 1 heteroatoms. The van der Waals surface area contributed by atoms with Crippen LogP contribution in [0.5, 0.6) is 0 Å². The van der Waals surface area contributed by atoms with Gasteiger partial charge in [-0.25, -0.2) is 0 Å². The van der Waals surface area contributed by atoms with Crippen molar-refractivity contribution in [3.8, 4) is 0 Å². The summed E-state index contributed by atoms with van der Waals surface area (Å²) in [5, 5.41) is 0. The van der Waals surface area contributed by atoms with E-state index in [1.807, 2.05) is 6.07 Å². The van der Waals surface area contributed by atoms with Crippen LogP contribution in [0.15, 0.2) is 30.3 Å². The normalized spacial score (nSPS) is 34.1. The number of hydrogen-bond acceptors (Lipinski definition) is 1. The zero-order valence-corrected chi connectivity index (χ0v) is 9.03. The minimum atomic E-state index is -0.00859. The van der Waals surface area contributed by atoms with Gasteiger partial charge in [0.2, 0.25) is 0 Å². The molecular weight excluding hydrogens is 184 g/mol. The first kappa shape index (κ1) is 8.90. The Kier molecular flexibility index (Phi) is 1.43. The summed E-state index contributed by atoms with van der Waals surface area (Å²) in [6, 6.07) is 8.38. The topological polar surface area (TPSA) is 17.1 Å². The Hall–Kier alpha value is -1.37. The summed E-state index contributed by atoms with van der Waals surface area (Å²) in [5.74, 6) is 0.143. The van der Waals surface area contributed by atoms with Gasteiger partial charge >= 0.3 is 0 Å². The fourth-order valence-electron chi connectivity index (χ4n) is 3.28. The van der Waals surface area contributed by atoms with Crippen LogP contribution in [0.2, 0.25) is 0 Å². The summed E-state index contributed by atoms with van der Waals surface area (Å²) >= 11 is 0. The lowest BCUT2D eigenvalue weighted by molar-refractivity contribution is -0.109. The van der Waals surface area contributed by atoms with Gasteiger partial charge in [0.1, 0.15) is 6.29 Å². The third-order valence-electron chi connectivity index (χ3n) is 4.32. The molecule has 0 aromatic heterocycles. The molecule has 2 atom stereocenters. The van der Waals surface area contributed by atoms with Crippen molar-refractivity contribution in [2.45, 2.75) is 19.3 Å². The van der Waals surface area contributed by atoms with Crippen molar-refractivity contribution in [1.29, 1.82) is 0 Å². The largest absolute Gasteiger partial charge is 0.303 e. The molecule has 1 aromatic carbocycles. The molecule has 76 valence electrons. The maximum absolute atomic E-state index is 11.1. The third-order valence-corrected chi connectivity index (χ3v) is 4.32. The second kappa shape index (κ2) is 2.41. The van der Waals surface area contributed by atoms with Gasteiger partial charge < -0.3 is 4.79 Å². The van der Waals surface area contributed by atoms with E-state index in [-0.39, 0.29) is 16.7 Å². The summed E-state index contributed by atoms with van der Waals surface area (Å²) < 4.78 is 0. The van der Waals surface area contributed by atoms with Crippen LogP contribution >= 0.6 is 0 Å². The summed E-state index contributed by atoms with van der Waals surface area (Å²) in [6.45, 7) is 4.36. The van der Waals surface area contributed by atoms with E-state index >= 15 is 0 Å². The smallest absolute Gasteiger partial charge is 0.124 e. The Morgan fingerprint density at radius 2 is 2.00 bits per heavy atom. The standard InChI is InChI=1S/C14H14O/c1-13(2)12(9-15)14(13)8-7-10-5-3-4-6-11(10)14/h3-9,12H,1-2H3. The molecular formula is C14H14O. The molecule has 0 bridgehead atoms. The van der Waals surface area contributed by atoms with Crippen LogP contribution in [0.25, 0.3) is 6.08 Å². The van der Waals surface area contributed by atoms with Crippen LogP contribution in [-0.4, -0.2) is 6.29 Å². The van der Waals surface area contributed by atoms with Crippen LogP contribution < -0.4 is 0 Å². The van der Waals surface area contributed by atoms with Crippen molar-refractivity contribution in [2.75, 3.05) is 0 Å². The average Bonchev–Trinajstić information content (AvgIpc) is 2.56. The van der Waals surface area contributed by atoms with Crippen molar-refractivity contribution < 1.29 is 4.79 Å². The predicted molar refractivity (Wildman–Crippen MR) is 60.5 cm³/mol. The van der Waals surface area contributed by atoms with Crippen molar-refractivity contribution in [3.63, 3.8) is 0 Å². The molecule has 2 aliphatic carbocycles. The molecule has 3 rings (SSSR count). The molecule has 0 radical (unpaired) electrons. The lowest BCUT2D eigenvalue weighted by Gasteiger charge is -2.13. The summed E-state index contributed by atoms with van der Waals surface area (Å²) in [5.41, 5.74) is 2.67. The highest BCUT2D eigenvalue weighted by atomic mass is 16.1. The SMILES string of the molecule is CC1(C)C(C=O)C12C=Cc1ccccc12. The Balaban J connectivity index is 2.20. The molecule has 2 aliphatic rings. The Morgan fingerprint density at radius 1 is 1.27 bits per heavy atom. The van der Waals surface area contributed by atoms with E-state index in [0.717, 1.165) is 6.29 Å². The van der Waals surface area contributed by atoms with Gasteiger partial charge in [-0.2, -0.15) is 0 Å². The van der Waals surface area contributed by atoms with Gasteiger partial charge in [-0.05, 0) is 16.5 Å². The zero-order valence-electron chi connectivity index (χ0n) is 9.03. The molecule has 0 heterocycles. The first-order valence-corrected chi connectivity index (χ1v) is 5.38. The Bertz CT molecular complexity index is 470. The van der Waals surface area contributed by atoms with Crippen molar-refractivity contribution in [1.82, 2.24) is 0 Å². The lowest BCUT2D eigenvalue weighted by atomic mass is 9.90. The zero-order chi connectivity index (χ0) is 10.7. The molecule has 1 fully saturated rings. The molecule has 0 aliphatic heterocycles. The van der Waals surface area contributed by atoms with E-state index in [1.54, 1.807) is 0 Å². The number of hydrogen-bond donors (Lipinski definition) is 0. The third kappa shape index (κ3) is 0.785. The van der Waals surface area contributed by atoms with Gasteiger partial charge in [0, 0.05) is 11.3 Å². The van der Waals surface area contributed by atoms with E-state index in [4.69, 9.17) is 0 Å². The number of carbonyl (C=O) groups is 1. The maximum atomic E-state index is 11.1. The molecule has 0 N–H and O–H groups in total. The Morgan fingerprint density at radius 3 is 2.67 bits per heavy atom. The van der Waals surface area contributed by atoms with Crippen molar-refractivity contribution in [3.05, 3.63) is 41.5 Å². The quantitative estimate of drug-likeness (QED) is 0.634. The number of benzene rings is 1. The van der Waals surface area contributed by atoms with Gasteiger partial charge in [0.15, 0.2) is 0 Å². The number of fused-ring (bicyclic) bond motifs is 2. The van der Waals surface area contributed by atoms with E-state index in [9.17, 15) is 4.79 Å². The van der Waals surface area contributed by atoms with Gasteiger partial charge in [-0.15, -0.1) is 0 Å². The fourth-order valence-corrected chi connectivity index (χ4v) is 3.28. The number of allylic oxidation sites excluding steroid dienone is 1. The first-order chi connectivity index (χ1) is 7.14. The van der Waals surface area contributed by atoms with Gasteiger partial charge in [0.05, 0.1) is 0 Å². The van der Waals surface area contributed by atoms with E-state index in [2.05, 4.69) is 44.2 Å². The van der Waals surface area contributed by atoms with Crippen molar-refractivity contribution >= 4 is 12.4 Å². The summed E-state index contributed by atoms with van der Waals surface area (Å²) in [4.78, 5) is 11.1. The lowest BCUT2D eigenvalue weighted by Crippen LogP contribution is -2.09. The second-order valence-electron chi connectivity index (χ2n) is 5.13. The predicted octanol–water partition coefficient (Wildman–Crippen LogP) is 2.81. The van der Waals surface area contributed by atoms with Crippen LogP contribution in [0.4, 0.5) is 0 Å². The Labute approximate surface area is 89.8 Å². The van der Waals surface area contributed by atoms with Crippen LogP contribution in [0.3, 0.4) is 0 Å². The molecule has 0 amide bonds. The van der Waals surface area contributed by atoms with Crippen LogP contribution in [0.1, 0.15) is 25.0 Å². The number of carbonyl (C=O) groups excluding carboxylic acids is 1. The molecule has 1 aromatic rings. The number of rotatable bonds is 1. The minimum Gasteiger partial charge on any atom is -0.303 e. The minimum absolute atomic E-state index is 0.00859. The van der Waals surface area contributed by atoms with Gasteiger partial charge in [0.25, 0.3) is 0 Å². The number of aldehydes is 1. The molecule has 0 saturated heterocycles. The van der Waals surface area contributed by atoms with Gasteiger partial charge in [-0.3, -0.25) is 0 Å². The molecule has 15 heavy (non-hydrogen) atoms. The van der Waals surface area contributed by atoms with Gasteiger partial charge in [-0.1, -0.05) is 50.3 Å². The summed E-state index contributed by atoms with van der Waals surface area (Å²) in [7, 11) is 0. The van der Waals surface area contributed by atoms with Crippen LogP contribution in [-0.2, 0) is 10.2 Å². The molecule has 1 spiro atoms. The molecule has 2 unspecified atom stereocenters. The monoisotopic (exact) mass is 198 g/mol. The first-order valence-electron chi connectivity index (χ1n) is 5.38.